The largest absolute Gasteiger partial charge is 0.452 e. The van der Waals surface area contributed by atoms with Crippen LogP contribution in [-0.2, 0) is 9.53 Å². The molecule has 0 aliphatic carbocycles. The highest BCUT2D eigenvalue weighted by Gasteiger charge is 2.15. The molecule has 0 spiro atoms. The molecule has 16 heavy (non-hydrogen) atoms. The lowest BCUT2D eigenvalue weighted by molar-refractivity contribution is -0.121. The summed E-state index contributed by atoms with van der Waals surface area (Å²) in [5, 5.41) is 0. The Morgan fingerprint density at radius 1 is 1.44 bits per heavy atom. The summed E-state index contributed by atoms with van der Waals surface area (Å²) >= 11 is 2.98. The van der Waals surface area contributed by atoms with Crippen molar-refractivity contribution in [2.75, 3.05) is 12.3 Å². The van der Waals surface area contributed by atoms with E-state index in [0.717, 1.165) is 12.1 Å². The van der Waals surface area contributed by atoms with Crippen LogP contribution in [0.2, 0.25) is 0 Å². The molecule has 0 aliphatic rings. The number of rotatable bonds is 3. The number of hydrogen-bond acceptors (Lipinski definition) is 4. The van der Waals surface area contributed by atoms with Gasteiger partial charge in [-0.3, -0.25) is 4.79 Å². The van der Waals surface area contributed by atoms with Crippen LogP contribution < -0.4 is 11.5 Å². The first kappa shape index (κ1) is 12.4. The van der Waals surface area contributed by atoms with Gasteiger partial charge >= 0.3 is 5.97 Å². The van der Waals surface area contributed by atoms with E-state index in [2.05, 4.69) is 20.7 Å². The monoisotopic (exact) mass is 290 g/mol. The summed E-state index contributed by atoms with van der Waals surface area (Å²) in [6, 6.07) is 2.15. The highest BCUT2D eigenvalue weighted by molar-refractivity contribution is 9.10. The van der Waals surface area contributed by atoms with Gasteiger partial charge in [-0.2, -0.15) is 0 Å². The second-order valence-corrected chi connectivity index (χ2v) is 3.75. The van der Waals surface area contributed by atoms with Crippen LogP contribution in [0.5, 0.6) is 0 Å². The highest BCUT2D eigenvalue weighted by atomic mass is 79.9. The maximum Gasteiger partial charge on any atom is 0.339 e. The summed E-state index contributed by atoms with van der Waals surface area (Å²) in [4.78, 5) is 21.8. The zero-order chi connectivity index (χ0) is 12.3. The Morgan fingerprint density at radius 2 is 2.06 bits per heavy atom. The number of primary amides is 1. The molecule has 0 aliphatic heterocycles. The van der Waals surface area contributed by atoms with Gasteiger partial charge < -0.3 is 16.2 Å². The number of carbonyl (C=O) groups excluding carboxylic acids is 2. The standard InChI is InChI=1S/C9H8BrFN2O3/c10-5-2-6(11)7(12)1-4(5)9(15)16-3-8(13)14/h1-2H,3,12H2,(H2,13,14). The van der Waals surface area contributed by atoms with Crippen molar-refractivity contribution in [3.63, 3.8) is 0 Å². The van der Waals surface area contributed by atoms with Crippen molar-refractivity contribution in [3.8, 4) is 0 Å². The summed E-state index contributed by atoms with van der Waals surface area (Å²) in [5.41, 5.74) is 9.93. The molecule has 0 atom stereocenters. The maximum absolute atomic E-state index is 13.0. The van der Waals surface area contributed by atoms with Gasteiger partial charge in [0, 0.05) is 4.47 Å². The van der Waals surface area contributed by atoms with E-state index >= 15 is 0 Å². The first-order valence-corrected chi connectivity index (χ1v) is 4.91. The van der Waals surface area contributed by atoms with Crippen molar-refractivity contribution < 1.29 is 18.7 Å². The summed E-state index contributed by atoms with van der Waals surface area (Å²) in [6.45, 7) is -0.539. The van der Waals surface area contributed by atoms with Gasteiger partial charge in [0.25, 0.3) is 5.91 Å². The van der Waals surface area contributed by atoms with E-state index in [1.54, 1.807) is 0 Å². The topological polar surface area (TPSA) is 95.4 Å². The molecule has 0 aromatic heterocycles. The summed E-state index contributed by atoms with van der Waals surface area (Å²) in [6.07, 6.45) is 0. The van der Waals surface area contributed by atoms with Gasteiger partial charge in [-0.25, -0.2) is 9.18 Å². The molecule has 1 aromatic carbocycles. The molecule has 1 rings (SSSR count). The van der Waals surface area contributed by atoms with E-state index in [9.17, 15) is 14.0 Å². The van der Waals surface area contributed by atoms with Crippen LogP contribution in [0.15, 0.2) is 16.6 Å². The summed E-state index contributed by atoms with van der Waals surface area (Å²) in [7, 11) is 0. The fraction of sp³-hybridized carbons (Fsp3) is 0.111. The highest BCUT2D eigenvalue weighted by Crippen LogP contribution is 2.23. The Labute approximate surface area is 98.7 Å². The zero-order valence-electron chi connectivity index (χ0n) is 8.00. The third kappa shape index (κ3) is 2.93. The molecule has 0 bridgehead atoms. The summed E-state index contributed by atoms with van der Waals surface area (Å²) in [5.74, 6) is -2.24. The molecular weight excluding hydrogens is 283 g/mol. The SMILES string of the molecule is NC(=O)COC(=O)c1cc(N)c(F)cc1Br. The van der Waals surface area contributed by atoms with Crippen LogP contribution in [0, 0.1) is 5.82 Å². The van der Waals surface area contributed by atoms with Crippen LogP contribution in [0.4, 0.5) is 10.1 Å². The second kappa shape index (κ2) is 4.93. The molecule has 0 unspecified atom stereocenters. The van der Waals surface area contributed by atoms with Crippen LogP contribution in [0.3, 0.4) is 0 Å². The van der Waals surface area contributed by atoms with E-state index in [4.69, 9.17) is 11.5 Å². The molecular formula is C9H8BrFN2O3. The minimum absolute atomic E-state index is 0.0279. The number of nitrogen functional groups attached to an aromatic ring is 1. The molecule has 4 N–H and O–H groups in total. The smallest absolute Gasteiger partial charge is 0.339 e. The number of ether oxygens (including phenoxy) is 1. The average Bonchev–Trinajstić information content (AvgIpc) is 2.20. The molecule has 0 radical (unpaired) electrons. The number of benzene rings is 1. The maximum atomic E-state index is 13.0. The predicted octanol–water partition coefficient (Wildman–Crippen LogP) is 0.812. The molecule has 1 aromatic rings. The average molecular weight is 291 g/mol. The first-order valence-electron chi connectivity index (χ1n) is 4.11. The van der Waals surface area contributed by atoms with Gasteiger partial charge in [0.15, 0.2) is 6.61 Å². The Bertz CT molecular complexity index is 451. The van der Waals surface area contributed by atoms with Crippen molar-refractivity contribution in [2.45, 2.75) is 0 Å². The first-order chi connectivity index (χ1) is 7.41. The fourth-order valence-corrected chi connectivity index (χ4v) is 1.41. The Morgan fingerprint density at radius 3 is 2.62 bits per heavy atom. The third-order valence-electron chi connectivity index (χ3n) is 1.65. The predicted molar refractivity (Wildman–Crippen MR) is 58.0 cm³/mol. The van der Waals surface area contributed by atoms with Gasteiger partial charge in [-0.05, 0) is 28.1 Å². The van der Waals surface area contributed by atoms with Crippen molar-refractivity contribution in [1.29, 1.82) is 0 Å². The number of hydrogen-bond donors (Lipinski definition) is 2. The molecule has 0 saturated carbocycles. The van der Waals surface area contributed by atoms with E-state index < -0.39 is 24.3 Å². The molecule has 0 heterocycles. The zero-order valence-corrected chi connectivity index (χ0v) is 9.58. The number of amides is 1. The van der Waals surface area contributed by atoms with Gasteiger partial charge in [0.1, 0.15) is 5.82 Å². The normalized spacial score (nSPS) is 9.88. The van der Waals surface area contributed by atoms with Crippen LogP contribution in [0.1, 0.15) is 10.4 Å². The molecule has 7 heteroatoms. The van der Waals surface area contributed by atoms with Gasteiger partial charge in [0.2, 0.25) is 0 Å². The number of halogens is 2. The molecule has 5 nitrogen and oxygen atoms in total. The Kier molecular flexibility index (Phi) is 3.83. The van der Waals surface area contributed by atoms with Crippen molar-refractivity contribution in [3.05, 3.63) is 28.0 Å². The Hall–Kier alpha value is -1.63. The quantitative estimate of drug-likeness (QED) is 0.636. The molecule has 1 amide bonds. The van der Waals surface area contributed by atoms with E-state index in [-0.39, 0.29) is 15.7 Å². The minimum Gasteiger partial charge on any atom is -0.452 e. The van der Waals surface area contributed by atoms with Crippen molar-refractivity contribution in [1.82, 2.24) is 0 Å². The lowest BCUT2D eigenvalue weighted by Crippen LogP contribution is -2.21. The van der Waals surface area contributed by atoms with Crippen LogP contribution >= 0.6 is 15.9 Å². The summed E-state index contributed by atoms with van der Waals surface area (Å²) < 4.78 is 17.7. The van der Waals surface area contributed by atoms with Gasteiger partial charge in [-0.1, -0.05) is 0 Å². The molecule has 0 fully saturated rings. The fourth-order valence-electron chi connectivity index (χ4n) is 0.937. The van der Waals surface area contributed by atoms with Gasteiger partial charge in [0.05, 0.1) is 11.3 Å². The third-order valence-corrected chi connectivity index (χ3v) is 2.31. The lowest BCUT2D eigenvalue weighted by atomic mass is 10.2. The van der Waals surface area contributed by atoms with Crippen LogP contribution in [0.25, 0.3) is 0 Å². The van der Waals surface area contributed by atoms with Crippen molar-refractivity contribution >= 4 is 33.5 Å². The second-order valence-electron chi connectivity index (χ2n) is 2.90. The number of anilines is 1. The Balaban J connectivity index is 2.91. The number of nitrogens with two attached hydrogens (primary N) is 2. The van der Waals surface area contributed by atoms with Crippen LogP contribution in [-0.4, -0.2) is 18.5 Å². The number of carbonyl (C=O) groups is 2. The van der Waals surface area contributed by atoms with Gasteiger partial charge in [-0.15, -0.1) is 0 Å². The number of esters is 1. The lowest BCUT2D eigenvalue weighted by Gasteiger charge is -2.06. The van der Waals surface area contributed by atoms with E-state index in [1.807, 2.05) is 0 Å². The molecule has 86 valence electrons. The van der Waals surface area contributed by atoms with E-state index in [1.165, 1.54) is 0 Å². The van der Waals surface area contributed by atoms with E-state index in [0.29, 0.717) is 0 Å². The van der Waals surface area contributed by atoms with Crippen molar-refractivity contribution in [2.24, 2.45) is 5.73 Å². The minimum atomic E-state index is -0.808. The molecule has 0 saturated heterocycles.